The number of fused-ring (bicyclic) bond motifs is 2. The van der Waals surface area contributed by atoms with Crippen LogP contribution in [-0.2, 0) is 9.59 Å². The van der Waals surface area contributed by atoms with E-state index in [0.29, 0.717) is 23.8 Å². The number of anilines is 1. The number of rotatable bonds is 1. The Labute approximate surface area is 151 Å². The highest BCUT2D eigenvalue weighted by molar-refractivity contribution is 5.87. The van der Waals surface area contributed by atoms with E-state index in [4.69, 9.17) is 14.9 Å². The highest BCUT2D eigenvalue weighted by Crippen LogP contribution is 2.35. The second kappa shape index (κ2) is 7.40. The monoisotopic (exact) mass is 352 g/mol. The molecule has 3 heterocycles. The van der Waals surface area contributed by atoms with E-state index in [2.05, 4.69) is 16.3 Å². The van der Waals surface area contributed by atoms with E-state index >= 15 is 0 Å². The van der Waals surface area contributed by atoms with E-state index < -0.39 is 0 Å². The first-order chi connectivity index (χ1) is 12.6. The van der Waals surface area contributed by atoms with E-state index in [9.17, 15) is 10.1 Å². The molecule has 7 heteroatoms. The molecule has 7 nitrogen and oxygen atoms in total. The van der Waals surface area contributed by atoms with Crippen molar-refractivity contribution < 1.29 is 14.7 Å². The number of benzene rings is 1. The predicted octanol–water partition coefficient (Wildman–Crippen LogP) is 1.69. The molecule has 2 atom stereocenters. The Kier molecular flexibility index (Phi) is 5.03. The third kappa shape index (κ3) is 3.18. The molecule has 4 rings (SSSR count). The lowest BCUT2D eigenvalue weighted by atomic mass is 9.89. The van der Waals surface area contributed by atoms with Gasteiger partial charge in [-0.1, -0.05) is 18.2 Å². The summed E-state index contributed by atoms with van der Waals surface area (Å²) in [6, 6.07) is 10.3. The smallest absolute Gasteiger partial charge is 0.290 e. The Bertz CT molecular complexity index is 890. The molecular weight excluding hydrogens is 332 g/mol. The molecule has 0 spiro atoms. The van der Waals surface area contributed by atoms with Gasteiger partial charge in [-0.3, -0.25) is 9.59 Å². The van der Waals surface area contributed by atoms with Crippen molar-refractivity contribution in [2.45, 2.75) is 13.3 Å². The number of nitrogens with one attached hydrogen (secondary N) is 1. The van der Waals surface area contributed by atoms with Crippen LogP contribution in [0.25, 0.3) is 10.9 Å². The van der Waals surface area contributed by atoms with Crippen molar-refractivity contribution in [3.8, 4) is 6.07 Å². The number of aryl methyl sites for hydroxylation is 1. The van der Waals surface area contributed by atoms with Crippen molar-refractivity contribution in [2.24, 2.45) is 11.8 Å². The Balaban J connectivity index is 0.000000613. The third-order valence-corrected chi connectivity index (χ3v) is 5.13. The average Bonchev–Trinajstić information content (AvgIpc) is 3.05. The number of para-hydroxylation sites is 1. The molecule has 0 bridgehead atoms. The first-order valence-electron chi connectivity index (χ1n) is 8.48. The van der Waals surface area contributed by atoms with Gasteiger partial charge in [-0.2, -0.15) is 5.26 Å². The fourth-order valence-corrected chi connectivity index (χ4v) is 3.85. The van der Waals surface area contributed by atoms with Crippen molar-refractivity contribution in [3.05, 3.63) is 35.4 Å². The zero-order chi connectivity index (χ0) is 18.7. The summed E-state index contributed by atoms with van der Waals surface area (Å²) in [5, 5.41) is 20.5. The number of carbonyl (C=O) groups excluding carboxylic acids is 1. The topological polar surface area (TPSA) is 106 Å². The first-order valence-corrected chi connectivity index (χ1v) is 8.48. The van der Waals surface area contributed by atoms with Gasteiger partial charge in [0, 0.05) is 31.4 Å². The summed E-state index contributed by atoms with van der Waals surface area (Å²) in [6.07, 6.45) is 0.579. The van der Waals surface area contributed by atoms with E-state index in [-0.39, 0.29) is 12.4 Å². The minimum Gasteiger partial charge on any atom is -0.483 e. The quantitative estimate of drug-likeness (QED) is 0.757. The second-order valence-corrected chi connectivity index (χ2v) is 6.60. The van der Waals surface area contributed by atoms with Crippen LogP contribution in [0.4, 0.5) is 5.82 Å². The number of pyridine rings is 1. The Hall–Kier alpha value is -3.14. The molecule has 1 aromatic heterocycles. The van der Waals surface area contributed by atoms with Gasteiger partial charge in [-0.25, -0.2) is 4.98 Å². The highest BCUT2D eigenvalue weighted by atomic mass is 16.3. The Morgan fingerprint density at radius 1 is 1.35 bits per heavy atom. The van der Waals surface area contributed by atoms with Crippen molar-refractivity contribution in [1.29, 1.82) is 5.26 Å². The van der Waals surface area contributed by atoms with Crippen LogP contribution in [0.1, 0.15) is 17.5 Å². The van der Waals surface area contributed by atoms with E-state index in [1.54, 1.807) is 0 Å². The summed E-state index contributed by atoms with van der Waals surface area (Å²) in [7, 11) is 0. The summed E-state index contributed by atoms with van der Waals surface area (Å²) in [4.78, 5) is 26.9. The Morgan fingerprint density at radius 3 is 2.77 bits per heavy atom. The molecule has 1 amide bonds. The molecule has 2 N–H and O–H groups in total. The van der Waals surface area contributed by atoms with Crippen LogP contribution < -0.4 is 10.2 Å². The van der Waals surface area contributed by atoms with Crippen molar-refractivity contribution in [3.63, 3.8) is 0 Å². The predicted molar refractivity (Wildman–Crippen MR) is 96.7 cm³/mol. The normalized spacial score (nSPS) is 21.2. The highest BCUT2D eigenvalue weighted by Gasteiger charge is 2.38. The maximum Gasteiger partial charge on any atom is 0.290 e. The number of hydrogen-bond donors (Lipinski definition) is 2. The molecule has 1 aromatic carbocycles. The minimum absolute atomic E-state index is 0.135. The molecule has 2 aliphatic rings. The van der Waals surface area contributed by atoms with Gasteiger partial charge in [0.25, 0.3) is 6.47 Å². The minimum atomic E-state index is -0.250. The molecule has 0 unspecified atom stereocenters. The molecule has 2 saturated heterocycles. The summed E-state index contributed by atoms with van der Waals surface area (Å²) < 4.78 is 0. The number of hydrogen-bond acceptors (Lipinski definition) is 5. The molecule has 2 fully saturated rings. The van der Waals surface area contributed by atoms with E-state index in [1.807, 2.05) is 31.2 Å². The maximum absolute atomic E-state index is 11.6. The van der Waals surface area contributed by atoms with Gasteiger partial charge < -0.3 is 15.3 Å². The molecule has 0 radical (unpaired) electrons. The Morgan fingerprint density at radius 2 is 2.04 bits per heavy atom. The zero-order valence-electron chi connectivity index (χ0n) is 14.5. The summed E-state index contributed by atoms with van der Waals surface area (Å²) in [5.74, 6) is 1.72. The van der Waals surface area contributed by atoms with Gasteiger partial charge in [0.05, 0.1) is 11.1 Å². The molecule has 26 heavy (non-hydrogen) atoms. The number of carbonyl (C=O) groups is 2. The van der Waals surface area contributed by atoms with Crippen LogP contribution in [0, 0.1) is 30.1 Å². The van der Waals surface area contributed by atoms with Crippen molar-refractivity contribution >= 4 is 29.1 Å². The van der Waals surface area contributed by atoms with Crippen LogP contribution in [-0.4, -0.2) is 42.1 Å². The van der Waals surface area contributed by atoms with Crippen LogP contribution in [0.15, 0.2) is 24.3 Å². The van der Waals surface area contributed by atoms with Gasteiger partial charge in [0.2, 0.25) is 5.91 Å². The lowest BCUT2D eigenvalue weighted by Gasteiger charge is -2.23. The van der Waals surface area contributed by atoms with Gasteiger partial charge in [-0.15, -0.1) is 0 Å². The largest absolute Gasteiger partial charge is 0.483 e. The molecule has 0 aliphatic carbocycles. The SMILES string of the molecule is Cc1c(C#N)c(N2C[C@H]3CC(=O)NC[C@H]3C2)nc2ccccc12.O=CO. The van der Waals surface area contributed by atoms with Crippen molar-refractivity contribution in [1.82, 2.24) is 10.3 Å². The summed E-state index contributed by atoms with van der Waals surface area (Å²) >= 11 is 0. The van der Waals surface area contributed by atoms with E-state index in [1.165, 1.54) is 0 Å². The van der Waals surface area contributed by atoms with Crippen LogP contribution >= 0.6 is 0 Å². The number of amides is 1. The number of nitrogens with zero attached hydrogens (tertiary/aromatic N) is 3. The third-order valence-electron chi connectivity index (χ3n) is 5.13. The summed E-state index contributed by atoms with van der Waals surface area (Å²) in [6.45, 7) is 4.12. The molecule has 134 valence electrons. The fraction of sp³-hybridized carbons (Fsp3) is 0.368. The molecule has 2 aromatic rings. The number of aromatic nitrogens is 1. The zero-order valence-corrected chi connectivity index (χ0v) is 14.5. The fourth-order valence-electron chi connectivity index (χ4n) is 3.85. The summed E-state index contributed by atoms with van der Waals surface area (Å²) in [5.41, 5.74) is 2.56. The number of piperidine rings is 1. The maximum atomic E-state index is 11.6. The van der Waals surface area contributed by atoms with Crippen molar-refractivity contribution in [2.75, 3.05) is 24.5 Å². The molecule has 0 saturated carbocycles. The van der Waals surface area contributed by atoms with Gasteiger partial charge in [0.1, 0.15) is 11.9 Å². The second-order valence-electron chi connectivity index (χ2n) is 6.60. The van der Waals surface area contributed by atoms with E-state index in [0.717, 1.165) is 41.9 Å². The average molecular weight is 352 g/mol. The number of nitriles is 1. The molecular formula is C19H20N4O3. The van der Waals surface area contributed by atoms with Crippen LogP contribution in [0.3, 0.4) is 0 Å². The van der Waals surface area contributed by atoms with Gasteiger partial charge in [-0.05, 0) is 30.4 Å². The lowest BCUT2D eigenvalue weighted by Crippen LogP contribution is -2.39. The number of carboxylic acid groups (broad SMARTS) is 1. The van der Waals surface area contributed by atoms with Crippen LogP contribution in [0.5, 0.6) is 0 Å². The van der Waals surface area contributed by atoms with Gasteiger partial charge >= 0.3 is 0 Å². The lowest BCUT2D eigenvalue weighted by molar-refractivity contribution is -0.124. The molecule has 2 aliphatic heterocycles. The van der Waals surface area contributed by atoms with Gasteiger partial charge in [0.15, 0.2) is 0 Å². The first kappa shape index (κ1) is 17.7. The van der Waals surface area contributed by atoms with Crippen LogP contribution in [0.2, 0.25) is 0 Å². The standard InChI is InChI=1S/C18H18N4O.CH2O2/c1-11-14-4-2-3-5-16(14)21-18(15(11)7-19)22-9-12-6-17(23)20-8-13(12)10-22;2-1-3/h2-5,12-13H,6,8-10H2,1H3,(H,20,23);1H,(H,2,3)/t12-,13+;/m1./s1.